The van der Waals surface area contributed by atoms with Crippen molar-refractivity contribution in [1.82, 2.24) is 14.9 Å². The number of nitrogens with one attached hydrogen (secondary N) is 1. The van der Waals surface area contributed by atoms with Gasteiger partial charge in [-0.2, -0.15) is 0 Å². The Labute approximate surface area is 143 Å². The van der Waals surface area contributed by atoms with Gasteiger partial charge in [0.05, 0.1) is 12.6 Å². The zero-order chi connectivity index (χ0) is 17.3. The van der Waals surface area contributed by atoms with Crippen LogP contribution >= 0.6 is 0 Å². The van der Waals surface area contributed by atoms with Crippen molar-refractivity contribution in [2.75, 3.05) is 13.1 Å². The van der Waals surface area contributed by atoms with Crippen molar-refractivity contribution in [3.8, 4) is 0 Å². The largest absolute Gasteiger partial charge is 0.366 e. The van der Waals surface area contributed by atoms with E-state index >= 15 is 0 Å². The number of morpholine rings is 1. The molecule has 1 aromatic heterocycles. The van der Waals surface area contributed by atoms with Crippen molar-refractivity contribution in [2.24, 2.45) is 5.92 Å². The first-order chi connectivity index (χ1) is 11.5. The van der Waals surface area contributed by atoms with Gasteiger partial charge >= 0.3 is 0 Å². The lowest BCUT2D eigenvalue weighted by Crippen LogP contribution is -2.48. The second kappa shape index (κ2) is 6.77. The van der Waals surface area contributed by atoms with Crippen LogP contribution in [0.4, 0.5) is 0 Å². The number of H-pyrrole nitrogens is 1. The van der Waals surface area contributed by atoms with Crippen molar-refractivity contribution in [3.63, 3.8) is 0 Å². The lowest BCUT2D eigenvalue weighted by atomic mass is 10.0. The molecule has 0 aliphatic carbocycles. The SMILES string of the molecule is Cc1nc(C(=O)N2C[C@@H](c3ccccc3)O[C@@H](C(C)C)C2)c(C)[nH]1. The highest BCUT2D eigenvalue weighted by Crippen LogP contribution is 2.29. The fraction of sp³-hybridized carbons (Fsp3) is 0.474. The van der Waals surface area contributed by atoms with Crippen LogP contribution in [-0.2, 0) is 4.74 Å². The van der Waals surface area contributed by atoms with Crippen LogP contribution in [0.25, 0.3) is 0 Å². The van der Waals surface area contributed by atoms with Gasteiger partial charge in [-0.15, -0.1) is 0 Å². The molecule has 0 bridgehead atoms. The van der Waals surface area contributed by atoms with Crippen molar-refractivity contribution in [3.05, 3.63) is 53.1 Å². The Bertz CT molecular complexity index is 709. The predicted molar refractivity (Wildman–Crippen MR) is 92.9 cm³/mol. The van der Waals surface area contributed by atoms with Gasteiger partial charge in [0, 0.05) is 12.2 Å². The summed E-state index contributed by atoms with van der Waals surface area (Å²) in [6, 6.07) is 10.1. The van der Waals surface area contributed by atoms with Crippen molar-refractivity contribution < 1.29 is 9.53 Å². The minimum absolute atomic E-state index is 0.0215. The molecule has 128 valence electrons. The van der Waals surface area contributed by atoms with E-state index in [1.165, 1.54) is 0 Å². The van der Waals surface area contributed by atoms with Gasteiger partial charge in [0.2, 0.25) is 0 Å². The molecule has 1 fully saturated rings. The maximum Gasteiger partial charge on any atom is 0.274 e. The molecular weight excluding hydrogens is 302 g/mol. The molecule has 1 aliphatic rings. The predicted octanol–water partition coefficient (Wildman–Crippen LogP) is 3.26. The molecule has 2 atom stereocenters. The number of imidazole rings is 1. The Hall–Kier alpha value is -2.14. The zero-order valence-electron chi connectivity index (χ0n) is 14.7. The smallest absolute Gasteiger partial charge is 0.274 e. The topological polar surface area (TPSA) is 58.2 Å². The first-order valence-corrected chi connectivity index (χ1v) is 8.48. The summed E-state index contributed by atoms with van der Waals surface area (Å²) in [5, 5.41) is 0. The molecule has 3 rings (SSSR count). The third-order valence-corrected chi connectivity index (χ3v) is 4.53. The van der Waals surface area contributed by atoms with E-state index in [0.29, 0.717) is 24.7 Å². The molecule has 0 spiro atoms. The standard InChI is InChI=1S/C19H25N3O2/c1-12(2)16-10-22(19(23)18-13(3)20-14(4)21-18)11-17(24-16)15-8-6-5-7-9-15/h5-9,12,16-17H,10-11H2,1-4H3,(H,20,21)/t16-,17+/m1/s1. The number of nitrogens with zero attached hydrogens (tertiary/aromatic N) is 2. The summed E-state index contributed by atoms with van der Waals surface area (Å²) in [6.07, 6.45) is -0.0788. The minimum Gasteiger partial charge on any atom is -0.366 e. The number of aromatic nitrogens is 2. The van der Waals surface area contributed by atoms with E-state index in [2.05, 4.69) is 35.9 Å². The number of rotatable bonds is 3. The maximum absolute atomic E-state index is 13.0. The second-order valence-corrected chi connectivity index (χ2v) is 6.82. The third kappa shape index (κ3) is 3.36. The number of aryl methyl sites for hydroxylation is 2. The highest BCUT2D eigenvalue weighted by Gasteiger charge is 2.34. The summed E-state index contributed by atoms with van der Waals surface area (Å²) in [4.78, 5) is 22.3. The molecule has 5 nitrogen and oxygen atoms in total. The highest BCUT2D eigenvalue weighted by atomic mass is 16.5. The van der Waals surface area contributed by atoms with Gasteiger partial charge in [-0.3, -0.25) is 4.79 Å². The van der Waals surface area contributed by atoms with Gasteiger partial charge in [-0.25, -0.2) is 4.98 Å². The van der Waals surface area contributed by atoms with Crippen molar-refractivity contribution in [2.45, 2.75) is 39.9 Å². The normalized spacial score (nSPS) is 21.3. The molecule has 2 heterocycles. The lowest BCUT2D eigenvalue weighted by Gasteiger charge is -2.39. The van der Waals surface area contributed by atoms with Crippen LogP contribution in [0.15, 0.2) is 30.3 Å². The lowest BCUT2D eigenvalue weighted by molar-refractivity contribution is -0.0955. The summed E-state index contributed by atoms with van der Waals surface area (Å²) >= 11 is 0. The number of aromatic amines is 1. The molecule has 0 unspecified atom stereocenters. The Balaban J connectivity index is 1.86. The van der Waals surface area contributed by atoms with Crippen LogP contribution in [0.3, 0.4) is 0 Å². The van der Waals surface area contributed by atoms with E-state index < -0.39 is 0 Å². The monoisotopic (exact) mass is 327 g/mol. The number of amides is 1. The molecule has 1 amide bonds. The van der Waals surface area contributed by atoms with Gasteiger partial charge in [0.15, 0.2) is 0 Å². The van der Waals surface area contributed by atoms with Crippen LogP contribution < -0.4 is 0 Å². The van der Waals surface area contributed by atoms with E-state index in [4.69, 9.17) is 4.74 Å². The molecule has 0 saturated carbocycles. The second-order valence-electron chi connectivity index (χ2n) is 6.82. The van der Waals surface area contributed by atoms with Crippen LogP contribution in [0.5, 0.6) is 0 Å². The summed E-state index contributed by atoms with van der Waals surface area (Å²) in [5.74, 6) is 1.09. The number of hydrogen-bond donors (Lipinski definition) is 1. The number of hydrogen-bond acceptors (Lipinski definition) is 3. The summed E-state index contributed by atoms with van der Waals surface area (Å²) in [7, 11) is 0. The average molecular weight is 327 g/mol. The summed E-state index contributed by atoms with van der Waals surface area (Å²) in [6.45, 7) is 9.17. The van der Waals surface area contributed by atoms with Gasteiger partial charge < -0.3 is 14.6 Å². The van der Waals surface area contributed by atoms with E-state index in [0.717, 1.165) is 17.1 Å². The Morgan fingerprint density at radius 2 is 1.96 bits per heavy atom. The zero-order valence-corrected chi connectivity index (χ0v) is 14.7. The summed E-state index contributed by atoms with van der Waals surface area (Å²) in [5.41, 5.74) is 2.45. The number of carbonyl (C=O) groups is 1. The molecule has 1 saturated heterocycles. The minimum atomic E-state index is -0.100. The fourth-order valence-electron chi connectivity index (χ4n) is 3.14. The Kier molecular flexibility index (Phi) is 4.71. The van der Waals surface area contributed by atoms with E-state index in [1.807, 2.05) is 36.9 Å². The molecule has 1 aliphatic heterocycles. The van der Waals surface area contributed by atoms with Crippen LogP contribution in [0.2, 0.25) is 0 Å². The van der Waals surface area contributed by atoms with E-state index in [9.17, 15) is 4.79 Å². The summed E-state index contributed by atoms with van der Waals surface area (Å²) < 4.78 is 6.26. The van der Waals surface area contributed by atoms with Crippen molar-refractivity contribution >= 4 is 5.91 Å². The molecule has 0 radical (unpaired) electrons. The molecule has 1 aromatic carbocycles. The van der Waals surface area contributed by atoms with Gasteiger partial charge in [0.1, 0.15) is 17.6 Å². The van der Waals surface area contributed by atoms with Gasteiger partial charge in [0.25, 0.3) is 5.91 Å². The number of benzene rings is 1. The molecular formula is C19H25N3O2. The van der Waals surface area contributed by atoms with Gasteiger partial charge in [-0.05, 0) is 25.3 Å². The van der Waals surface area contributed by atoms with Crippen LogP contribution in [-0.4, -0.2) is 40.0 Å². The maximum atomic E-state index is 13.0. The molecule has 2 aromatic rings. The molecule has 24 heavy (non-hydrogen) atoms. The Morgan fingerprint density at radius 1 is 1.25 bits per heavy atom. The van der Waals surface area contributed by atoms with Crippen LogP contribution in [0.1, 0.15) is 47.5 Å². The first-order valence-electron chi connectivity index (χ1n) is 8.48. The Morgan fingerprint density at radius 3 is 2.54 bits per heavy atom. The quantitative estimate of drug-likeness (QED) is 0.941. The van der Waals surface area contributed by atoms with Crippen molar-refractivity contribution in [1.29, 1.82) is 0 Å². The fourth-order valence-corrected chi connectivity index (χ4v) is 3.14. The van der Waals surface area contributed by atoms with Gasteiger partial charge in [-0.1, -0.05) is 44.2 Å². The third-order valence-electron chi connectivity index (χ3n) is 4.53. The van der Waals surface area contributed by atoms with E-state index in [1.54, 1.807) is 0 Å². The number of carbonyl (C=O) groups excluding carboxylic acids is 1. The van der Waals surface area contributed by atoms with Crippen LogP contribution in [0, 0.1) is 19.8 Å². The van der Waals surface area contributed by atoms with E-state index in [-0.39, 0.29) is 18.1 Å². The first kappa shape index (κ1) is 16.7. The average Bonchev–Trinajstić information content (AvgIpc) is 2.93. The highest BCUT2D eigenvalue weighted by molar-refractivity contribution is 5.93. The number of ether oxygens (including phenoxy) is 1. The molecule has 1 N–H and O–H groups in total. The molecule has 5 heteroatoms.